The lowest BCUT2D eigenvalue weighted by Crippen LogP contribution is -2.27. The van der Waals surface area contributed by atoms with Crippen LogP contribution in [0.25, 0.3) is 0 Å². The molecular weight excluding hydrogens is 211 g/mol. The molecule has 1 rings (SSSR count). The highest BCUT2D eigenvalue weighted by Gasteiger charge is 2.33. The average Bonchev–Trinajstić information content (AvgIpc) is 2.05. The molecule has 13 heavy (non-hydrogen) atoms. The number of hydrogen-bond donors (Lipinski definition) is 1. The minimum Gasteiger partial charge on any atom is -0.479 e. The molecule has 0 aliphatic rings. The maximum atomic E-state index is 10.6. The molecule has 0 fully saturated rings. The molecule has 0 heterocycles. The van der Waals surface area contributed by atoms with Gasteiger partial charge in [-0.15, -0.1) is 0 Å². The predicted molar refractivity (Wildman–Crippen MR) is 52.2 cm³/mol. The summed E-state index contributed by atoms with van der Waals surface area (Å²) < 4.78 is -1.73. The first-order valence-electron chi connectivity index (χ1n) is 3.67. The third-order valence-corrected chi connectivity index (χ3v) is 2.17. The van der Waals surface area contributed by atoms with E-state index in [1.54, 1.807) is 24.3 Å². The van der Waals surface area contributed by atoms with Gasteiger partial charge in [-0.25, -0.2) is 4.79 Å². The van der Waals surface area contributed by atoms with Gasteiger partial charge in [0.15, 0.2) is 0 Å². The molecule has 0 aliphatic carbocycles. The van der Waals surface area contributed by atoms with Gasteiger partial charge in [0.25, 0.3) is 0 Å². The number of alkyl halides is 2. The van der Waals surface area contributed by atoms with E-state index in [0.717, 1.165) is 5.56 Å². The highest BCUT2D eigenvalue weighted by Crippen LogP contribution is 2.26. The lowest BCUT2D eigenvalue weighted by Gasteiger charge is -2.13. The van der Waals surface area contributed by atoms with E-state index in [1.165, 1.54) is 0 Å². The van der Waals surface area contributed by atoms with Crippen molar-refractivity contribution >= 4 is 29.2 Å². The van der Waals surface area contributed by atoms with E-state index in [2.05, 4.69) is 0 Å². The second kappa shape index (κ2) is 3.99. The first kappa shape index (κ1) is 10.4. The molecule has 2 nitrogen and oxygen atoms in total. The van der Waals surface area contributed by atoms with Crippen LogP contribution in [0.5, 0.6) is 0 Å². The number of carbonyl (C=O) groups is 1. The van der Waals surface area contributed by atoms with E-state index in [0.29, 0.717) is 0 Å². The van der Waals surface area contributed by atoms with Crippen LogP contribution >= 0.6 is 23.2 Å². The molecule has 0 spiro atoms. The predicted octanol–water partition coefficient (Wildman–Crippen LogP) is 2.49. The molecule has 0 aliphatic heterocycles. The van der Waals surface area contributed by atoms with Crippen LogP contribution in [0.1, 0.15) is 5.56 Å². The largest absolute Gasteiger partial charge is 0.479 e. The third kappa shape index (κ3) is 2.90. The Kier molecular flexibility index (Phi) is 3.17. The second-order valence-corrected chi connectivity index (χ2v) is 4.16. The van der Waals surface area contributed by atoms with Gasteiger partial charge in [0.1, 0.15) is 0 Å². The Labute approximate surface area is 86.1 Å². The van der Waals surface area contributed by atoms with Crippen molar-refractivity contribution in [2.45, 2.75) is 10.8 Å². The van der Waals surface area contributed by atoms with Crippen LogP contribution in [0, 0.1) is 0 Å². The fraction of sp³-hybridized carbons (Fsp3) is 0.222. The van der Waals surface area contributed by atoms with Crippen molar-refractivity contribution in [2.24, 2.45) is 0 Å². The molecule has 0 saturated carbocycles. The zero-order valence-electron chi connectivity index (χ0n) is 6.71. The van der Waals surface area contributed by atoms with Gasteiger partial charge < -0.3 is 5.11 Å². The van der Waals surface area contributed by atoms with Crippen molar-refractivity contribution in [3.8, 4) is 0 Å². The van der Waals surface area contributed by atoms with Crippen LogP contribution in [0.4, 0.5) is 0 Å². The Hall–Kier alpha value is -0.730. The van der Waals surface area contributed by atoms with Gasteiger partial charge in [0, 0.05) is 6.42 Å². The number of hydrogen-bond acceptors (Lipinski definition) is 1. The SMILES string of the molecule is O=C(O)C(Cl)(Cl)Cc1ccccc1. The molecule has 1 aromatic rings. The summed E-state index contributed by atoms with van der Waals surface area (Å²) >= 11 is 11.1. The van der Waals surface area contributed by atoms with Crippen molar-refractivity contribution in [3.63, 3.8) is 0 Å². The molecule has 0 amide bonds. The van der Waals surface area contributed by atoms with Crippen molar-refractivity contribution in [1.82, 2.24) is 0 Å². The van der Waals surface area contributed by atoms with Gasteiger partial charge >= 0.3 is 5.97 Å². The van der Waals surface area contributed by atoms with Crippen LogP contribution in [-0.2, 0) is 11.2 Å². The molecule has 1 N–H and O–H groups in total. The van der Waals surface area contributed by atoms with E-state index in [1.807, 2.05) is 6.07 Å². The molecule has 0 radical (unpaired) electrons. The maximum Gasteiger partial charge on any atom is 0.340 e. The van der Waals surface area contributed by atoms with Crippen LogP contribution in [0.3, 0.4) is 0 Å². The number of carboxylic acids is 1. The highest BCUT2D eigenvalue weighted by molar-refractivity contribution is 6.57. The lowest BCUT2D eigenvalue weighted by atomic mass is 10.1. The topological polar surface area (TPSA) is 37.3 Å². The second-order valence-electron chi connectivity index (χ2n) is 2.67. The van der Waals surface area contributed by atoms with E-state index >= 15 is 0 Å². The van der Waals surface area contributed by atoms with E-state index < -0.39 is 10.3 Å². The summed E-state index contributed by atoms with van der Waals surface area (Å²) in [5.41, 5.74) is 0.801. The number of aliphatic carboxylic acids is 1. The van der Waals surface area contributed by atoms with Crippen LogP contribution in [0.2, 0.25) is 0 Å². The monoisotopic (exact) mass is 218 g/mol. The molecule has 0 bridgehead atoms. The van der Waals surface area contributed by atoms with Gasteiger partial charge in [-0.3, -0.25) is 0 Å². The number of halogens is 2. The van der Waals surface area contributed by atoms with Gasteiger partial charge in [0.2, 0.25) is 4.33 Å². The zero-order valence-corrected chi connectivity index (χ0v) is 8.22. The van der Waals surface area contributed by atoms with Gasteiger partial charge in [-0.2, -0.15) is 0 Å². The summed E-state index contributed by atoms with van der Waals surface area (Å²) in [5.74, 6) is -1.22. The molecule has 0 atom stereocenters. The molecule has 0 saturated heterocycles. The van der Waals surface area contributed by atoms with E-state index in [4.69, 9.17) is 28.3 Å². The van der Waals surface area contributed by atoms with Crippen molar-refractivity contribution in [2.75, 3.05) is 0 Å². The molecular formula is C9H8Cl2O2. The van der Waals surface area contributed by atoms with Gasteiger partial charge in [-0.1, -0.05) is 53.5 Å². The van der Waals surface area contributed by atoms with Crippen molar-refractivity contribution in [3.05, 3.63) is 35.9 Å². The van der Waals surface area contributed by atoms with Gasteiger partial charge in [0.05, 0.1) is 0 Å². The van der Waals surface area contributed by atoms with E-state index in [9.17, 15) is 4.79 Å². The van der Waals surface area contributed by atoms with E-state index in [-0.39, 0.29) is 6.42 Å². The Balaban J connectivity index is 2.75. The molecule has 1 aromatic carbocycles. The first-order valence-corrected chi connectivity index (χ1v) is 4.43. The quantitative estimate of drug-likeness (QED) is 0.793. The summed E-state index contributed by atoms with van der Waals surface area (Å²) in [7, 11) is 0. The van der Waals surface area contributed by atoms with Gasteiger partial charge in [-0.05, 0) is 5.56 Å². The molecule has 0 aromatic heterocycles. The fourth-order valence-corrected chi connectivity index (χ4v) is 1.24. The maximum absolute atomic E-state index is 10.6. The number of rotatable bonds is 3. The molecule has 4 heteroatoms. The molecule has 70 valence electrons. The Morgan fingerprint density at radius 3 is 2.31 bits per heavy atom. The summed E-state index contributed by atoms with van der Waals surface area (Å²) in [6.07, 6.45) is 0.103. The zero-order chi connectivity index (χ0) is 9.90. The number of benzene rings is 1. The smallest absolute Gasteiger partial charge is 0.340 e. The minimum atomic E-state index is -1.73. The average molecular weight is 219 g/mol. The fourth-order valence-electron chi connectivity index (χ4n) is 0.928. The Morgan fingerprint density at radius 2 is 1.85 bits per heavy atom. The normalized spacial score (nSPS) is 11.2. The first-order chi connectivity index (χ1) is 6.02. The standard InChI is InChI=1S/C9H8Cl2O2/c10-9(11,8(12)13)6-7-4-2-1-3-5-7/h1-5H,6H2,(H,12,13). The van der Waals surface area contributed by atoms with Crippen LogP contribution in [0.15, 0.2) is 30.3 Å². The molecule has 0 unspecified atom stereocenters. The van der Waals surface area contributed by atoms with Crippen molar-refractivity contribution in [1.29, 1.82) is 0 Å². The lowest BCUT2D eigenvalue weighted by molar-refractivity contribution is -0.137. The summed E-state index contributed by atoms with van der Waals surface area (Å²) in [6, 6.07) is 9.02. The van der Waals surface area contributed by atoms with Crippen LogP contribution < -0.4 is 0 Å². The third-order valence-electron chi connectivity index (χ3n) is 1.58. The minimum absolute atomic E-state index is 0.103. The van der Waals surface area contributed by atoms with Crippen molar-refractivity contribution < 1.29 is 9.90 Å². The van der Waals surface area contributed by atoms with Crippen LogP contribution in [-0.4, -0.2) is 15.4 Å². The highest BCUT2D eigenvalue weighted by atomic mass is 35.5. The summed E-state index contributed by atoms with van der Waals surface area (Å²) in [6.45, 7) is 0. The number of carboxylic acid groups (broad SMARTS) is 1. The Bertz CT molecular complexity index is 296. The summed E-state index contributed by atoms with van der Waals surface area (Å²) in [4.78, 5) is 10.6. The summed E-state index contributed by atoms with van der Waals surface area (Å²) in [5, 5.41) is 8.64. The Morgan fingerprint density at radius 1 is 1.31 bits per heavy atom.